The number of hydrogen-bond acceptors (Lipinski definition) is 4. The smallest absolute Gasteiger partial charge is 0.247 e. The lowest BCUT2D eigenvalue weighted by Gasteiger charge is -2.17. The number of H-pyrrole nitrogens is 1. The zero-order valence-electron chi connectivity index (χ0n) is 10.2. The number of aromatic amines is 1. The van der Waals surface area contributed by atoms with Gasteiger partial charge in [-0.05, 0) is 19.8 Å². The lowest BCUT2D eigenvalue weighted by molar-refractivity contribution is -0.139. The van der Waals surface area contributed by atoms with E-state index in [9.17, 15) is 9.59 Å². The highest BCUT2D eigenvalue weighted by atomic mass is 16.2. The Kier molecular flexibility index (Phi) is 2.66. The van der Waals surface area contributed by atoms with Crippen LogP contribution in [-0.4, -0.2) is 39.0 Å². The van der Waals surface area contributed by atoms with Crippen molar-refractivity contribution in [3.05, 3.63) is 18.0 Å². The summed E-state index contributed by atoms with van der Waals surface area (Å²) in [5.41, 5.74) is 0.986. The van der Waals surface area contributed by atoms with Crippen molar-refractivity contribution in [3.8, 4) is 0 Å². The molecule has 2 heterocycles. The maximum absolute atomic E-state index is 12.1. The van der Waals surface area contributed by atoms with Gasteiger partial charge >= 0.3 is 0 Å². The third-order valence-electron chi connectivity index (χ3n) is 3.57. The van der Waals surface area contributed by atoms with E-state index in [1.165, 1.54) is 4.90 Å². The quantitative estimate of drug-likeness (QED) is 0.754. The molecule has 1 aliphatic heterocycles. The number of imide groups is 1. The molecule has 2 fully saturated rings. The van der Waals surface area contributed by atoms with Crippen molar-refractivity contribution in [1.82, 2.24) is 20.4 Å². The average Bonchev–Trinajstić information content (AvgIpc) is 2.91. The standard InChI is InChI=1S/C12H16N4O2/c1-7(8-5-13-14-6-8)15-10-4-11(17)16(12(10)18)9-2-3-9/h5-7,9-10,15H,2-4H2,1H3,(H,13,14). The minimum absolute atomic E-state index is 0.00431. The molecule has 2 atom stereocenters. The lowest BCUT2D eigenvalue weighted by Crippen LogP contribution is -2.40. The van der Waals surface area contributed by atoms with Gasteiger partial charge in [0.15, 0.2) is 0 Å². The molecule has 0 radical (unpaired) electrons. The molecule has 3 rings (SSSR count). The summed E-state index contributed by atoms with van der Waals surface area (Å²) in [6.45, 7) is 1.96. The van der Waals surface area contributed by atoms with Gasteiger partial charge in [0.1, 0.15) is 0 Å². The molecule has 6 heteroatoms. The number of rotatable bonds is 4. The molecular formula is C12H16N4O2. The van der Waals surface area contributed by atoms with Crippen molar-refractivity contribution in [2.24, 2.45) is 0 Å². The van der Waals surface area contributed by atoms with Gasteiger partial charge < -0.3 is 0 Å². The maximum atomic E-state index is 12.1. The largest absolute Gasteiger partial charge is 0.299 e. The number of likely N-dealkylation sites (tertiary alicyclic amines) is 1. The number of hydrogen-bond donors (Lipinski definition) is 2. The second kappa shape index (κ2) is 4.20. The summed E-state index contributed by atoms with van der Waals surface area (Å²) >= 11 is 0. The lowest BCUT2D eigenvalue weighted by atomic mass is 10.1. The van der Waals surface area contributed by atoms with Crippen molar-refractivity contribution < 1.29 is 9.59 Å². The monoisotopic (exact) mass is 248 g/mol. The highest BCUT2D eigenvalue weighted by Crippen LogP contribution is 2.31. The molecule has 6 nitrogen and oxygen atoms in total. The van der Waals surface area contributed by atoms with Crippen LogP contribution in [0.1, 0.15) is 37.8 Å². The molecule has 0 spiro atoms. The second-order valence-electron chi connectivity index (χ2n) is 5.01. The van der Waals surface area contributed by atoms with E-state index in [1.807, 2.05) is 6.92 Å². The van der Waals surface area contributed by atoms with E-state index in [0.29, 0.717) is 0 Å². The molecule has 2 aliphatic rings. The molecule has 1 aliphatic carbocycles. The Balaban J connectivity index is 1.67. The van der Waals surface area contributed by atoms with Gasteiger partial charge in [-0.1, -0.05) is 0 Å². The van der Waals surface area contributed by atoms with Crippen molar-refractivity contribution in [2.75, 3.05) is 0 Å². The zero-order valence-corrected chi connectivity index (χ0v) is 10.2. The SMILES string of the molecule is CC(NC1CC(=O)N(C2CC2)C1=O)c1cn[nH]c1. The fourth-order valence-electron chi connectivity index (χ4n) is 2.39. The van der Waals surface area contributed by atoms with E-state index >= 15 is 0 Å². The molecule has 18 heavy (non-hydrogen) atoms. The summed E-state index contributed by atoms with van der Waals surface area (Å²) in [7, 11) is 0. The van der Waals surface area contributed by atoms with Gasteiger partial charge in [-0.25, -0.2) is 0 Å². The van der Waals surface area contributed by atoms with Crippen LogP contribution in [0.15, 0.2) is 12.4 Å². The Morgan fingerprint density at radius 1 is 1.50 bits per heavy atom. The average molecular weight is 248 g/mol. The minimum Gasteiger partial charge on any atom is -0.299 e. The van der Waals surface area contributed by atoms with Crippen molar-refractivity contribution >= 4 is 11.8 Å². The molecule has 1 aromatic rings. The van der Waals surface area contributed by atoms with Crippen LogP contribution >= 0.6 is 0 Å². The van der Waals surface area contributed by atoms with Crippen LogP contribution in [0.3, 0.4) is 0 Å². The van der Waals surface area contributed by atoms with Crippen molar-refractivity contribution in [1.29, 1.82) is 0 Å². The van der Waals surface area contributed by atoms with E-state index in [1.54, 1.807) is 12.4 Å². The number of amides is 2. The van der Waals surface area contributed by atoms with Gasteiger partial charge in [0.2, 0.25) is 11.8 Å². The third-order valence-corrected chi connectivity index (χ3v) is 3.57. The van der Waals surface area contributed by atoms with Crippen molar-refractivity contribution in [3.63, 3.8) is 0 Å². The third kappa shape index (κ3) is 1.92. The number of aromatic nitrogens is 2. The van der Waals surface area contributed by atoms with Crippen LogP contribution in [-0.2, 0) is 9.59 Å². The first kappa shape index (κ1) is 11.4. The van der Waals surface area contributed by atoms with E-state index in [0.717, 1.165) is 18.4 Å². The summed E-state index contributed by atoms with van der Waals surface area (Å²) in [6, 6.07) is -0.214. The number of nitrogens with zero attached hydrogens (tertiary/aromatic N) is 2. The maximum Gasteiger partial charge on any atom is 0.247 e. The normalized spacial score (nSPS) is 25.8. The molecule has 2 amide bonds. The van der Waals surface area contributed by atoms with Crippen LogP contribution in [0.5, 0.6) is 0 Å². The summed E-state index contributed by atoms with van der Waals surface area (Å²) < 4.78 is 0. The van der Waals surface area contributed by atoms with Crippen LogP contribution in [0.2, 0.25) is 0 Å². The fraction of sp³-hybridized carbons (Fsp3) is 0.583. The summed E-state index contributed by atoms with van der Waals surface area (Å²) in [5.74, 6) is -0.114. The fourth-order valence-corrected chi connectivity index (χ4v) is 2.39. The first-order valence-corrected chi connectivity index (χ1v) is 6.27. The van der Waals surface area contributed by atoms with Gasteiger partial charge in [0.05, 0.1) is 18.7 Å². The van der Waals surface area contributed by atoms with E-state index in [-0.39, 0.29) is 36.4 Å². The number of carbonyl (C=O) groups excluding carboxylic acids is 2. The molecule has 1 saturated heterocycles. The van der Waals surface area contributed by atoms with E-state index < -0.39 is 0 Å². The van der Waals surface area contributed by atoms with Gasteiger partial charge in [0, 0.05) is 23.8 Å². The Hall–Kier alpha value is -1.69. The first-order chi connectivity index (χ1) is 8.66. The highest BCUT2D eigenvalue weighted by Gasteiger charge is 2.46. The van der Waals surface area contributed by atoms with Crippen molar-refractivity contribution in [2.45, 2.75) is 44.3 Å². The van der Waals surface area contributed by atoms with Crippen LogP contribution < -0.4 is 5.32 Å². The predicted octanol–water partition coefficient (Wildman–Crippen LogP) is 0.350. The number of carbonyl (C=O) groups is 2. The zero-order chi connectivity index (χ0) is 12.7. The Morgan fingerprint density at radius 2 is 2.28 bits per heavy atom. The summed E-state index contributed by atoms with van der Waals surface area (Å²) in [6.07, 6.45) is 5.70. The van der Waals surface area contributed by atoms with E-state index in [4.69, 9.17) is 0 Å². The Bertz CT molecular complexity index is 466. The number of nitrogens with one attached hydrogen (secondary N) is 2. The molecular weight excluding hydrogens is 232 g/mol. The second-order valence-corrected chi connectivity index (χ2v) is 5.01. The molecule has 96 valence electrons. The first-order valence-electron chi connectivity index (χ1n) is 6.27. The summed E-state index contributed by atoms with van der Waals surface area (Å²) in [4.78, 5) is 25.4. The molecule has 0 bridgehead atoms. The van der Waals surface area contributed by atoms with Crippen LogP contribution in [0.4, 0.5) is 0 Å². The van der Waals surface area contributed by atoms with E-state index in [2.05, 4.69) is 15.5 Å². The molecule has 0 aromatic carbocycles. The molecule has 1 aromatic heterocycles. The predicted molar refractivity (Wildman–Crippen MR) is 63.4 cm³/mol. The molecule has 2 N–H and O–H groups in total. The van der Waals surface area contributed by atoms with Gasteiger partial charge in [-0.15, -0.1) is 0 Å². The van der Waals surface area contributed by atoms with Crippen LogP contribution in [0.25, 0.3) is 0 Å². The topological polar surface area (TPSA) is 78.1 Å². The minimum atomic E-state index is -0.386. The molecule has 2 unspecified atom stereocenters. The molecule has 1 saturated carbocycles. The Morgan fingerprint density at radius 3 is 2.89 bits per heavy atom. The van der Waals surface area contributed by atoms with Gasteiger partial charge in [-0.2, -0.15) is 5.10 Å². The van der Waals surface area contributed by atoms with Crippen LogP contribution in [0, 0.1) is 0 Å². The Labute approximate surface area is 105 Å². The summed E-state index contributed by atoms with van der Waals surface area (Å²) in [5, 5.41) is 9.82. The highest BCUT2D eigenvalue weighted by molar-refractivity contribution is 6.06. The van der Waals surface area contributed by atoms with Gasteiger partial charge in [0.25, 0.3) is 0 Å². The van der Waals surface area contributed by atoms with Gasteiger partial charge in [-0.3, -0.25) is 24.9 Å².